The number of rotatable bonds is 6. The highest BCUT2D eigenvalue weighted by atomic mass is 31.2. The molecule has 0 spiro atoms. The van der Waals surface area contributed by atoms with E-state index in [-0.39, 0.29) is 13.2 Å². The number of fused-ring (bicyclic) bond motifs is 2. The highest BCUT2D eigenvalue weighted by Crippen LogP contribution is 2.49. The van der Waals surface area contributed by atoms with Gasteiger partial charge in [0.1, 0.15) is 11.7 Å². The van der Waals surface area contributed by atoms with E-state index < -0.39 is 43.0 Å². The van der Waals surface area contributed by atoms with Crippen molar-refractivity contribution in [1.82, 2.24) is 14.6 Å². The number of nitrogens with zero attached hydrogens (tertiary/aromatic N) is 1. The number of aromatic amines is 1. The van der Waals surface area contributed by atoms with Gasteiger partial charge in [0.15, 0.2) is 6.23 Å². The van der Waals surface area contributed by atoms with Gasteiger partial charge in [-0.1, -0.05) is 0 Å². The lowest BCUT2D eigenvalue weighted by Crippen LogP contribution is -2.50. The molecule has 0 aliphatic carbocycles. The van der Waals surface area contributed by atoms with Crippen LogP contribution in [0.15, 0.2) is 21.9 Å². The Labute approximate surface area is 136 Å². The van der Waals surface area contributed by atoms with Crippen molar-refractivity contribution in [3.05, 3.63) is 33.1 Å². The molecule has 0 aromatic carbocycles. The molecule has 3 N–H and O–H groups in total. The Morgan fingerprint density at radius 2 is 2.29 bits per heavy atom. The van der Waals surface area contributed by atoms with E-state index in [1.807, 2.05) is 0 Å². The van der Waals surface area contributed by atoms with Crippen LogP contribution in [0.1, 0.15) is 6.23 Å². The maximum absolute atomic E-state index is 12.0. The molecule has 2 aliphatic heterocycles. The molecular weight excluding hydrogens is 345 g/mol. The molecule has 1 unspecified atom stereocenters. The van der Waals surface area contributed by atoms with Crippen molar-refractivity contribution >= 4 is 7.75 Å². The summed E-state index contributed by atoms with van der Waals surface area (Å²) in [5, 5.41) is 2.49. The summed E-state index contributed by atoms with van der Waals surface area (Å²) in [6.07, 6.45) is -0.366. The molecule has 0 amide bonds. The van der Waals surface area contributed by atoms with Gasteiger partial charge in [-0.2, -0.15) is 0 Å². The van der Waals surface area contributed by atoms with Gasteiger partial charge in [0.25, 0.3) is 5.56 Å². The summed E-state index contributed by atoms with van der Waals surface area (Å²) in [5.74, 6) is 0. The van der Waals surface area contributed by atoms with Crippen LogP contribution in [-0.4, -0.2) is 59.6 Å². The maximum Gasteiger partial charge on any atom is 0.403 e. The molecule has 2 bridgehead atoms. The van der Waals surface area contributed by atoms with Crippen molar-refractivity contribution in [2.45, 2.75) is 24.0 Å². The standard InChI is InChI=1S/C12H18N3O8P/c1-20-5-12-6-22-8(9(12)14-24(18,19)21-2)10(23-12)15-4-3-7(16)13-11(15)17/h3-4,8-10H,5-6H2,1-2H3,(H,13,16,17)(H2,14,18,19)/t8-,9-,10+,12-/m0/s1. The monoisotopic (exact) mass is 363 g/mol. The van der Waals surface area contributed by atoms with E-state index in [1.54, 1.807) is 0 Å². The van der Waals surface area contributed by atoms with Crippen LogP contribution >= 0.6 is 7.75 Å². The number of aromatic nitrogens is 2. The third kappa shape index (κ3) is 2.88. The van der Waals surface area contributed by atoms with Crippen molar-refractivity contribution in [3.8, 4) is 0 Å². The normalized spacial score (nSPS) is 34.4. The largest absolute Gasteiger partial charge is 0.403 e. The first kappa shape index (κ1) is 17.5. The van der Waals surface area contributed by atoms with Crippen molar-refractivity contribution < 1.29 is 28.2 Å². The van der Waals surface area contributed by atoms with Gasteiger partial charge in [-0.3, -0.25) is 14.3 Å². The molecule has 134 valence electrons. The summed E-state index contributed by atoms with van der Waals surface area (Å²) in [4.78, 5) is 35.1. The molecule has 2 aliphatic rings. The topological polar surface area (TPSA) is 141 Å². The smallest absolute Gasteiger partial charge is 0.382 e. The highest BCUT2D eigenvalue weighted by Gasteiger charge is 2.63. The van der Waals surface area contributed by atoms with Crippen LogP contribution in [0.3, 0.4) is 0 Å². The molecule has 0 radical (unpaired) electrons. The number of nitrogens with one attached hydrogen (secondary N) is 2. The number of H-pyrrole nitrogens is 1. The van der Waals surface area contributed by atoms with Crippen LogP contribution in [0, 0.1) is 0 Å². The van der Waals surface area contributed by atoms with E-state index in [9.17, 15) is 19.0 Å². The van der Waals surface area contributed by atoms with Crippen LogP contribution in [0.4, 0.5) is 0 Å². The van der Waals surface area contributed by atoms with Gasteiger partial charge in [-0.25, -0.2) is 14.4 Å². The average Bonchev–Trinajstić information content (AvgIpc) is 2.98. The summed E-state index contributed by atoms with van der Waals surface area (Å²) in [6.45, 7) is 0.182. The molecular formula is C12H18N3O8P. The van der Waals surface area contributed by atoms with Crippen molar-refractivity contribution in [3.63, 3.8) is 0 Å². The zero-order chi connectivity index (χ0) is 17.5. The van der Waals surface area contributed by atoms with E-state index in [0.29, 0.717) is 0 Å². The van der Waals surface area contributed by atoms with E-state index in [0.717, 1.165) is 11.7 Å². The second-order valence-corrected chi connectivity index (χ2v) is 7.27. The molecule has 2 fully saturated rings. The van der Waals surface area contributed by atoms with Crippen LogP contribution < -0.4 is 16.3 Å². The van der Waals surface area contributed by atoms with Gasteiger partial charge in [0.05, 0.1) is 19.3 Å². The minimum atomic E-state index is -4.07. The highest BCUT2D eigenvalue weighted by molar-refractivity contribution is 7.50. The summed E-state index contributed by atoms with van der Waals surface area (Å²) in [5.41, 5.74) is -2.29. The molecule has 3 rings (SSSR count). The molecule has 11 nitrogen and oxygen atoms in total. The average molecular weight is 363 g/mol. The molecule has 1 aromatic rings. The van der Waals surface area contributed by atoms with Gasteiger partial charge in [-0.15, -0.1) is 0 Å². The molecule has 0 saturated carbocycles. The van der Waals surface area contributed by atoms with Crippen LogP contribution in [0.5, 0.6) is 0 Å². The molecule has 2 saturated heterocycles. The molecule has 12 heteroatoms. The van der Waals surface area contributed by atoms with Gasteiger partial charge in [0.2, 0.25) is 0 Å². The van der Waals surface area contributed by atoms with Gasteiger partial charge >= 0.3 is 13.4 Å². The van der Waals surface area contributed by atoms with Crippen LogP contribution in [0.25, 0.3) is 0 Å². The zero-order valence-corrected chi connectivity index (χ0v) is 13.9. The summed E-state index contributed by atoms with van der Waals surface area (Å²) < 4.78 is 34.4. The van der Waals surface area contributed by atoms with Crippen LogP contribution in [0.2, 0.25) is 0 Å². The van der Waals surface area contributed by atoms with Crippen LogP contribution in [-0.2, 0) is 23.3 Å². The van der Waals surface area contributed by atoms with Gasteiger partial charge in [-0.05, 0) is 0 Å². The summed E-state index contributed by atoms with van der Waals surface area (Å²) >= 11 is 0. The number of hydrogen-bond donors (Lipinski definition) is 3. The number of hydrogen-bond acceptors (Lipinski definition) is 7. The third-order valence-corrected chi connectivity index (χ3v) is 5.22. The fourth-order valence-electron chi connectivity index (χ4n) is 3.06. The molecule has 1 aromatic heterocycles. The predicted molar refractivity (Wildman–Crippen MR) is 79.5 cm³/mol. The fourth-order valence-corrected chi connectivity index (χ4v) is 3.90. The first-order valence-electron chi connectivity index (χ1n) is 7.08. The minimum Gasteiger partial charge on any atom is -0.382 e. The summed E-state index contributed by atoms with van der Waals surface area (Å²) in [7, 11) is -1.52. The Morgan fingerprint density at radius 3 is 2.92 bits per heavy atom. The minimum absolute atomic E-state index is 0.0689. The Hall–Kier alpha value is -1.33. The van der Waals surface area contributed by atoms with E-state index in [2.05, 4.69) is 14.6 Å². The maximum atomic E-state index is 12.0. The molecule has 24 heavy (non-hydrogen) atoms. The lowest BCUT2D eigenvalue weighted by atomic mass is 9.98. The Balaban J connectivity index is 1.97. The lowest BCUT2D eigenvalue weighted by Gasteiger charge is -2.31. The molecule has 5 atom stereocenters. The Bertz CT molecular complexity index is 778. The number of methoxy groups -OCH3 is 1. The van der Waals surface area contributed by atoms with Crippen molar-refractivity contribution in [2.24, 2.45) is 0 Å². The molecule has 3 heterocycles. The second-order valence-electron chi connectivity index (χ2n) is 5.61. The van der Waals surface area contributed by atoms with E-state index >= 15 is 0 Å². The fraction of sp³-hybridized carbons (Fsp3) is 0.667. The van der Waals surface area contributed by atoms with E-state index in [4.69, 9.17) is 14.2 Å². The SMILES string of the molecule is COC[C@@]12CO[C@H]([C@H](n3ccc(=O)[nH]c3=O)O1)[C@@H]2NP(=O)(O)OC. The Morgan fingerprint density at radius 1 is 1.54 bits per heavy atom. The predicted octanol–water partition coefficient (Wildman–Crippen LogP) is -1.45. The Kier molecular flexibility index (Phi) is 4.51. The van der Waals surface area contributed by atoms with E-state index in [1.165, 1.54) is 19.4 Å². The first-order valence-corrected chi connectivity index (χ1v) is 8.66. The van der Waals surface area contributed by atoms with Crippen molar-refractivity contribution in [2.75, 3.05) is 27.4 Å². The zero-order valence-electron chi connectivity index (χ0n) is 13.0. The van der Waals surface area contributed by atoms with Crippen molar-refractivity contribution in [1.29, 1.82) is 0 Å². The lowest BCUT2D eigenvalue weighted by molar-refractivity contribution is -0.188. The third-order valence-electron chi connectivity index (χ3n) is 4.12. The van der Waals surface area contributed by atoms with Gasteiger partial charge < -0.3 is 23.6 Å². The first-order chi connectivity index (χ1) is 11.3. The van der Waals surface area contributed by atoms with Gasteiger partial charge in [0, 0.05) is 26.5 Å². The number of ether oxygens (including phenoxy) is 3. The quantitative estimate of drug-likeness (QED) is 0.518. The second kappa shape index (κ2) is 6.19. The summed E-state index contributed by atoms with van der Waals surface area (Å²) in [6, 6.07) is 0.422.